The van der Waals surface area contributed by atoms with Crippen molar-refractivity contribution in [2.45, 2.75) is 25.9 Å². The average Bonchev–Trinajstić information content (AvgIpc) is 3.43. The van der Waals surface area contributed by atoms with Crippen molar-refractivity contribution in [3.63, 3.8) is 0 Å². The molecule has 8 nitrogen and oxygen atoms in total. The number of nitrogen functional groups attached to an aromatic ring is 1. The molecule has 0 saturated heterocycles. The van der Waals surface area contributed by atoms with E-state index in [-0.39, 0.29) is 24.4 Å². The number of imide groups is 1. The number of aromatic nitrogens is 3. The number of amides is 2. The minimum absolute atomic E-state index is 0.00931. The monoisotopic (exact) mass is 424 g/mol. The summed E-state index contributed by atoms with van der Waals surface area (Å²) in [4.78, 5) is 38.8. The molecule has 1 atom stereocenters. The molecule has 0 radical (unpaired) electrons. The van der Waals surface area contributed by atoms with Crippen molar-refractivity contribution in [3.8, 4) is 0 Å². The molecule has 0 spiro atoms. The molecular weight excluding hydrogens is 404 g/mol. The van der Waals surface area contributed by atoms with Crippen LogP contribution in [0.25, 0.3) is 11.2 Å². The predicted octanol–water partition coefficient (Wildman–Crippen LogP) is 3.35. The minimum atomic E-state index is -0.245. The Balaban J connectivity index is 1.28. The number of nitrogens with two attached hydrogens (primary N) is 1. The average molecular weight is 424 g/mol. The fourth-order valence-electron chi connectivity index (χ4n) is 4.68. The summed E-state index contributed by atoms with van der Waals surface area (Å²) in [7, 11) is 0. The number of H-pyrrole nitrogens is 1. The van der Waals surface area contributed by atoms with E-state index in [1.54, 1.807) is 24.3 Å². The first-order valence-electron chi connectivity index (χ1n) is 10.4. The standard InChI is InChI=1S/C24H20N6O2/c1-12-26-21-17(10-20(25)29-22(21)27-12)19-9-14-8-13(6-7-18(14)28-19)11-30-23(31)15-4-2-3-5-16(15)24(30)32/h2-8,10,19,28H,9,11H2,1H3,(H3,25,26,27,29). The molecule has 2 amide bonds. The highest BCUT2D eigenvalue weighted by atomic mass is 16.2. The van der Waals surface area contributed by atoms with E-state index >= 15 is 0 Å². The van der Waals surface area contributed by atoms with Crippen LogP contribution < -0.4 is 11.1 Å². The maximum absolute atomic E-state index is 12.7. The number of benzene rings is 2. The Morgan fingerprint density at radius 2 is 1.81 bits per heavy atom. The number of aromatic amines is 1. The van der Waals surface area contributed by atoms with Crippen LogP contribution in [0.15, 0.2) is 48.5 Å². The quantitative estimate of drug-likeness (QED) is 0.434. The molecule has 0 fully saturated rings. The van der Waals surface area contributed by atoms with Gasteiger partial charge in [0.15, 0.2) is 5.65 Å². The van der Waals surface area contributed by atoms with Crippen LogP contribution in [0.2, 0.25) is 0 Å². The first kappa shape index (κ1) is 18.6. The molecule has 4 heterocycles. The topological polar surface area (TPSA) is 117 Å². The predicted molar refractivity (Wildman–Crippen MR) is 120 cm³/mol. The van der Waals surface area contributed by atoms with Crippen LogP contribution in [-0.4, -0.2) is 31.7 Å². The lowest BCUT2D eigenvalue weighted by molar-refractivity contribution is 0.0642. The SMILES string of the molecule is Cc1nc2c(C3Cc4cc(CN5C(=O)c6ccccc6C5=O)ccc4N3)cc(N)nc2[nH]1. The smallest absolute Gasteiger partial charge is 0.261 e. The van der Waals surface area contributed by atoms with Crippen molar-refractivity contribution in [1.29, 1.82) is 0 Å². The number of aryl methyl sites for hydroxylation is 1. The van der Waals surface area contributed by atoms with Crippen LogP contribution in [0.1, 0.15) is 49.3 Å². The molecule has 2 aliphatic rings. The van der Waals surface area contributed by atoms with Crippen molar-refractivity contribution < 1.29 is 9.59 Å². The molecule has 4 aromatic rings. The molecule has 158 valence electrons. The van der Waals surface area contributed by atoms with E-state index in [2.05, 4.69) is 26.3 Å². The summed E-state index contributed by atoms with van der Waals surface area (Å²) >= 11 is 0. The number of nitrogens with one attached hydrogen (secondary N) is 2. The zero-order valence-electron chi connectivity index (χ0n) is 17.3. The summed E-state index contributed by atoms with van der Waals surface area (Å²) in [5, 5.41) is 3.55. The van der Waals surface area contributed by atoms with E-state index in [0.29, 0.717) is 22.6 Å². The van der Waals surface area contributed by atoms with Crippen molar-refractivity contribution in [3.05, 3.63) is 82.2 Å². The lowest BCUT2D eigenvalue weighted by atomic mass is 10.0. The Morgan fingerprint density at radius 3 is 2.56 bits per heavy atom. The van der Waals surface area contributed by atoms with Crippen LogP contribution in [0, 0.1) is 6.92 Å². The minimum Gasteiger partial charge on any atom is -0.384 e. The van der Waals surface area contributed by atoms with Gasteiger partial charge in [0.25, 0.3) is 11.8 Å². The summed E-state index contributed by atoms with van der Waals surface area (Å²) in [5.41, 5.74) is 12.5. The third-order valence-electron chi connectivity index (χ3n) is 6.14. The molecule has 32 heavy (non-hydrogen) atoms. The summed E-state index contributed by atoms with van der Waals surface area (Å²) in [6.07, 6.45) is 0.746. The van der Waals surface area contributed by atoms with Gasteiger partial charge in [0.2, 0.25) is 0 Å². The van der Waals surface area contributed by atoms with E-state index in [1.807, 2.05) is 25.1 Å². The normalized spacial score (nSPS) is 17.0. The van der Waals surface area contributed by atoms with Crippen LogP contribution in [0.3, 0.4) is 0 Å². The number of pyridine rings is 1. The summed E-state index contributed by atoms with van der Waals surface area (Å²) < 4.78 is 0. The second kappa shape index (κ2) is 6.65. The van der Waals surface area contributed by atoms with Gasteiger partial charge in [-0.3, -0.25) is 14.5 Å². The number of anilines is 2. The molecular formula is C24H20N6O2. The van der Waals surface area contributed by atoms with Crippen molar-refractivity contribution in [1.82, 2.24) is 19.9 Å². The van der Waals surface area contributed by atoms with Gasteiger partial charge in [-0.05, 0) is 48.7 Å². The molecule has 0 aliphatic carbocycles. The number of imidazole rings is 1. The second-order valence-electron chi connectivity index (χ2n) is 8.29. The van der Waals surface area contributed by atoms with Gasteiger partial charge in [-0.1, -0.05) is 24.3 Å². The fraction of sp³-hybridized carbons (Fsp3) is 0.167. The van der Waals surface area contributed by atoms with Crippen LogP contribution in [0.4, 0.5) is 11.5 Å². The number of nitrogens with zero attached hydrogens (tertiary/aromatic N) is 3. The van der Waals surface area contributed by atoms with E-state index in [4.69, 9.17) is 5.73 Å². The van der Waals surface area contributed by atoms with Crippen LogP contribution in [0.5, 0.6) is 0 Å². The maximum Gasteiger partial charge on any atom is 0.261 e. The van der Waals surface area contributed by atoms with E-state index in [9.17, 15) is 9.59 Å². The molecule has 0 saturated carbocycles. The summed E-state index contributed by atoms with van der Waals surface area (Å²) in [5.74, 6) is 0.745. The Bertz CT molecular complexity index is 1400. The second-order valence-corrected chi connectivity index (χ2v) is 8.29. The largest absolute Gasteiger partial charge is 0.384 e. The third-order valence-corrected chi connectivity index (χ3v) is 6.14. The van der Waals surface area contributed by atoms with Gasteiger partial charge in [-0.2, -0.15) is 0 Å². The van der Waals surface area contributed by atoms with Gasteiger partial charge in [-0.15, -0.1) is 0 Å². The summed E-state index contributed by atoms with van der Waals surface area (Å²) in [6.45, 7) is 2.14. The van der Waals surface area contributed by atoms with Crippen LogP contribution in [-0.2, 0) is 13.0 Å². The molecule has 4 N–H and O–H groups in total. The molecule has 6 rings (SSSR count). The number of hydrogen-bond donors (Lipinski definition) is 3. The van der Waals surface area contributed by atoms with Gasteiger partial charge in [0, 0.05) is 11.3 Å². The fourth-order valence-corrected chi connectivity index (χ4v) is 4.68. The van der Waals surface area contributed by atoms with Gasteiger partial charge < -0.3 is 16.0 Å². The molecule has 1 unspecified atom stereocenters. The van der Waals surface area contributed by atoms with E-state index in [1.165, 1.54) is 4.90 Å². The van der Waals surface area contributed by atoms with Crippen molar-refractivity contribution >= 4 is 34.5 Å². The molecule has 2 aromatic carbocycles. The molecule has 8 heteroatoms. The first-order chi connectivity index (χ1) is 15.5. The van der Waals surface area contributed by atoms with Gasteiger partial charge in [-0.25, -0.2) is 9.97 Å². The number of carbonyl (C=O) groups is 2. The van der Waals surface area contributed by atoms with E-state index in [0.717, 1.165) is 40.1 Å². The third kappa shape index (κ3) is 2.76. The highest BCUT2D eigenvalue weighted by Crippen LogP contribution is 2.37. The Hall–Kier alpha value is -4.20. The van der Waals surface area contributed by atoms with Crippen molar-refractivity contribution in [2.75, 3.05) is 11.1 Å². The Labute approximate surface area is 183 Å². The zero-order valence-corrected chi connectivity index (χ0v) is 17.3. The number of fused-ring (bicyclic) bond motifs is 3. The van der Waals surface area contributed by atoms with E-state index < -0.39 is 0 Å². The van der Waals surface area contributed by atoms with Crippen molar-refractivity contribution in [2.24, 2.45) is 0 Å². The van der Waals surface area contributed by atoms with Gasteiger partial charge in [0.05, 0.1) is 23.7 Å². The number of rotatable bonds is 3. The molecule has 2 aliphatic heterocycles. The lowest BCUT2D eigenvalue weighted by Crippen LogP contribution is -2.29. The van der Waals surface area contributed by atoms with Gasteiger partial charge >= 0.3 is 0 Å². The zero-order chi connectivity index (χ0) is 22.0. The highest BCUT2D eigenvalue weighted by molar-refractivity contribution is 6.21. The molecule has 2 aromatic heterocycles. The summed E-state index contributed by atoms with van der Waals surface area (Å²) in [6, 6.07) is 14.8. The Morgan fingerprint density at radius 1 is 1.06 bits per heavy atom. The Kier molecular flexibility index (Phi) is 3.86. The first-order valence-corrected chi connectivity index (χ1v) is 10.4. The number of carbonyl (C=O) groups excluding carboxylic acids is 2. The number of hydrogen-bond acceptors (Lipinski definition) is 6. The highest BCUT2D eigenvalue weighted by Gasteiger charge is 2.35. The molecule has 0 bridgehead atoms. The van der Waals surface area contributed by atoms with Gasteiger partial charge in [0.1, 0.15) is 17.2 Å². The maximum atomic E-state index is 12.7. The van der Waals surface area contributed by atoms with Crippen LogP contribution >= 0.6 is 0 Å². The lowest BCUT2D eigenvalue weighted by Gasteiger charge is -2.14.